The molecule has 27 heavy (non-hydrogen) atoms. The number of H-pyrrole nitrogens is 1. The highest BCUT2D eigenvalue weighted by Gasteiger charge is 2.26. The number of aromatic nitrogens is 1. The zero-order valence-corrected chi connectivity index (χ0v) is 15.9. The molecule has 0 unspecified atom stereocenters. The van der Waals surface area contributed by atoms with Crippen molar-refractivity contribution in [3.8, 4) is 11.5 Å². The maximum absolute atomic E-state index is 12.7. The van der Waals surface area contributed by atoms with Crippen LogP contribution in [-0.4, -0.2) is 66.5 Å². The Morgan fingerprint density at radius 3 is 2.26 bits per heavy atom. The van der Waals surface area contributed by atoms with Crippen LogP contribution in [0.1, 0.15) is 21.7 Å². The summed E-state index contributed by atoms with van der Waals surface area (Å²) in [6.45, 7) is 5.82. The molecule has 1 aromatic carbocycles. The molecule has 0 aliphatic carbocycles. The minimum Gasteiger partial charge on any atom is -0.493 e. The maximum Gasteiger partial charge on any atom is 0.260 e. The molecule has 1 aliphatic rings. The highest BCUT2D eigenvalue weighted by atomic mass is 16.5. The average molecular weight is 371 g/mol. The molecule has 0 saturated carbocycles. The molecular formula is C20H25N3O4. The zero-order chi connectivity index (χ0) is 19.4. The molecule has 1 aliphatic heterocycles. The van der Waals surface area contributed by atoms with Gasteiger partial charge in [-0.15, -0.1) is 0 Å². The number of benzene rings is 1. The molecule has 0 bridgehead atoms. The van der Waals surface area contributed by atoms with Gasteiger partial charge in [-0.25, -0.2) is 0 Å². The lowest BCUT2D eigenvalue weighted by Gasteiger charge is -2.34. The molecule has 2 aromatic rings. The second-order valence-electron chi connectivity index (χ2n) is 6.60. The number of nitrogens with one attached hydrogen (secondary N) is 1. The van der Waals surface area contributed by atoms with Gasteiger partial charge in [-0.05, 0) is 32.0 Å². The number of rotatable bonds is 5. The first kappa shape index (κ1) is 18.8. The van der Waals surface area contributed by atoms with Gasteiger partial charge in [-0.3, -0.25) is 9.59 Å². The van der Waals surface area contributed by atoms with Crippen LogP contribution >= 0.6 is 0 Å². The monoisotopic (exact) mass is 371 g/mol. The van der Waals surface area contributed by atoms with E-state index in [-0.39, 0.29) is 18.4 Å². The zero-order valence-electron chi connectivity index (χ0n) is 15.9. The second-order valence-corrected chi connectivity index (χ2v) is 6.60. The van der Waals surface area contributed by atoms with Crippen molar-refractivity contribution >= 4 is 11.8 Å². The Morgan fingerprint density at radius 1 is 1.04 bits per heavy atom. The van der Waals surface area contributed by atoms with E-state index in [4.69, 9.17) is 9.47 Å². The third-order valence-corrected chi connectivity index (χ3v) is 4.72. The van der Waals surface area contributed by atoms with Crippen molar-refractivity contribution in [3.63, 3.8) is 0 Å². The number of hydrogen-bond acceptors (Lipinski definition) is 4. The molecule has 2 amide bonds. The van der Waals surface area contributed by atoms with Crippen LogP contribution in [0.2, 0.25) is 0 Å². The Labute approximate surface area is 158 Å². The minimum atomic E-state index is -0.0957. The normalized spacial score (nSPS) is 14.2. The molecule has 1 fully saturated rings. The van der Waals surface area contributed by atoms with Gasteiger partial charge < -0.3 is 24.3 Å². The molecular weight excluding hydrogens is 346 g/mol. The molecule has 0 atom stereocenters. The van der Waals surface area contributed by atoms with Crippen LogP contribution in [0, 0.1) is 13.8 Å². The van der Waals surface area contributed by atoms with Gasteiger partial charge in [-0.2, -0.15) is 0 Å². The Balaban J connectivity index is 1.52. The summed E-state index contributed by atoms with van der Waals surface area (Å²) in [7, 11) is 1.56. The number of carbonyl (C=O) groups is 2. The number of aromatic amines is 1. The Bertz CT molecular complexity index is 822. The SMILES string of the molecule is COc1ccccc1OCC(=O)N1CCN(C(=O)c2cc(C)[nH]c2C)CC1. The number of piperazine rings is 1. The van der Waals surface area contributed by atoms with Gasteiger partial charge in [0.05, 0.1) is 12.7 Å². The van der Waals surface area contributed by atoms with Crippen molar-refractivity contribution in [2.45, 2.75) is 13.8 Å². The third-order valence-electron chi connectivity index (χ3n) is 4.72. The summed E-state index contributed by atoms with van der Waals surface area (Å²) in [6.07, 6.45) is 0. The summed E-state index contributed by atoms with van der Waals surface area (Å²) >= 11 is 0. The summed E-state index contributed by atoms with van der Waals surface area (Å²) in [5.74, 6) is 1.05. The number of carbonyl (C=O) groups excluding carboxylic acids is 2. The van der Waals surface area contributed by atoms with Crippen LogP contribution in [-0.2, 0) is 4.79 Å². The Kier molecular flexibility index (Phi) is 5.69. The topological polar surface area (TPSA) is 74.9 Å². The smallest absolute Gasteiger partial charge is 0.260 e. The summed E-state index contributed by atoms with van der Waals surface area (Å²) in [5.41, 5.74) is 2.55. The van der Waals surface area contributed by atoms with E-state index in [1.807, 2.05) is 32.0 Å². The quantitative estimate of drug-likeness (QED) is 0.872. The first-order chi connectivity index (χ1) is 13.0. The van der Waals surface area contributed by atoms with E-state index in [9.17, 15) is 9.59 Å². The van der Waals surface area contributed by atoms with E-state index < -0.39 is 0 Å². The van der Waals surface area contributed by atoms with Crippen LogP contribution in [0.5, 0.6) is 11.5 Å². The maximum atomic E-state index is 12.7. The highest BCUT2D eigenvalue weighted by Crippen LogP contribution is 2.25. The van der Waals surface area contributed by atoms with Crippen molar-refractivity contribution in [2.24, 2.45) is 0 Å². The molecule has 3 rings (SSSR count). The molecule has 7 heteroatoms. The van der Waals surface area contributed by atoms with E-state index in [2.05, 4.69) is 4.98 Å². The van der Waals surface area contributed by atoms with Crippen molar-refractivity contribution in [3.05, 3.63) is 47.3 Å². The molecule has 1 N–H and O–H groups in total. The van der Waals surface area contributed by atoms with Gasteiger partial charge in [0.25, 0.3) is 11.8 Å². The fourth-order valence-electron chi connectivity index (χ4n) is 3.24. The lowest BCUT2D eigenvalue weighted by Crippen LogP contribution is -2.51. The third kappa shape index (κ3) is 4.24. The number of para-hydroxylation sites is 2. The molecule has 7 nitrogen and oxygen atoms in total. The Hall–Kier alpha value is -2.96. The van der Waals surface area contributed by atoms with E-state index in [1.54, 1.807) is 29.0 Å². The lowest BCUT2D eigenvalue weighted by atomic mass is 10.2. The minimum absolute atomic E-state index is 0.00854. The lowest BCUT2D eigenvalue weighted by molar-refractivity contribution is -0.134. The fourth-order valence-corrected chi connectivity index (χ4v) is 3.24. The van der Waals surface area contributed by atoms with Crippen LogP contribution < -0.4 is 9.47 Å². The van der Waals surface area contributed by atoms with Gasteiger partial charge >= 0.3 is 0 Å². The second kappa shape index (κ2) is 8.16. The van der Waals surface area contributed by atoms with E-state index in [0.29, 0.717) is 43.2 Å². The largest absolute Gasteiger partial charge is 0.493 e. The first-order valence-corrected chi connectivity index (χ1v) is 8.98. The van der Waals surface area contributed by atoms with E-state index >= 15 is 0 Å². The van der Waals surface area contributed by atoms with Gasteiger partial charge in [0, 0.05) is 37.6 Å². The van der Waals surface area contributed by atoms with Crippen molar-refractivity contribution < 1.29 is 19.1 Å². The highest BCUT2D eigenvalue weighted by molar-refractivity contribution is 5.95. The molecule has 144 valence electrons. The van der Waals surface area contributed by atoms with Gasteiger partial charge in [0.1, 0.15) is 0 Å². The summed E-state index contributed by atoms with van der Waals surface area (Å²) in [4.78, 5) is 31.8. The molecule has 1 saturated heterocycles. The number of aryl methyl sites for hydroxylation is 2. The number of nitrogens with zero attached hydrogens (tertiary/aromatic N) is 2. The molecule has 0 spiro atoms. The number of amides is 2. The number of hydrogen-bond donors (Lipinski definition) is 1. The number of methoxy groups -OCH3 is 1. The van der Waals surface area contributed by atoms with Crippen LogP contribution in [0.15, 0.2) is 30.3 Å². The number of ether oxygens (including phenoxy) is 2. The Morgan fingerprint density at radius 2 is 1.67 bits per heavy atom. The average Bonchev–Trinajstić information content (AvgIpc) is 3.03. The van der Waals surface area contributed by atoms with Crippen molar-refractivity contribution in [2.75, 3.05) is 39.9 Å². The van der Waals surface area contributed by atoms with E-state index in [1.165, 1.54) is 0 Å². The summed E-state index contributed by atoms with van der Waals surface area (Å²) in [6, 6.07) is 9.10. The summed E-state index contributed by atoms with van der Waals surface area (Å²) in [5, 5.41) is 0. The van der Waals surface area contributed by atoms with Gasteiger partial charge in [-0.1, -0.05) is 12.1 Å². The van der Waals surface area contributed by atoms with Gasteiger partial charge in [0.2, 0.25) is 0 Å². The fraction of sp³-hybridized carbons (Fsp3) is 0.400. The molecule has 0 radical (unpaired) electrons. The van der Waals surface area contributed by atoms with Crippen molar-refractivity contribution in [1.82, 2.24) is 14.8 Å². The predicted molar refractivity (Wildman–Crippen MR) is 101 cm³/mol. The predicted octanol–water partition coefficient (Wildman–Crippen LogP) is 2.00. The van der Waals surface area contributed by atoms with Gasteiger partial charge in [0.15, 0.2) is 18.1 Å². The molecule has 1 aromatic heterocycles. The van der Waals surface area contributed by atoms with Crippen LogP contribution in [0.3, 0.4) is 0 Å². The first-order valence-electron chi connectivity index (χ1n) is 8.98. The summed E-state index contributed by atoms with van der Waals surface area (Å²) < 4.78 is 10.8. The van der Waals surface area contributed by atoms with E-state index in [0.717, 1.165) is 11.4 Å². The standard InChI is InChI=1S/C20H25N3O4/c1-14-12-16(15(2)21-14)20(25)23-10-8-22(9-11-23)19(24)13-27-18-7-5-4-6-17(18)26-3/h4-7,12,21H,8-11,13H2,1-3H3. The van der Waals surface area contributed by atoms with Crippen LogP contribution in [0.4, 0.5) is 0 Å². The van der Waals surface area contributed by atoms with Crippen LogP contribution in [0.25, 0.3) is 0 Å². The van der Waals surface area contributed by atoms with Crippen molar-refractivity contribution in [1.29, 1.82) is 0 Å². The molecule has 2 heterocycles.